The van der Waals surface area contributed by atoms with Gasteiger partial charge in [-0.1, -0.05) is 0 Å². The molecular weight excluding hydrogens is 447 g/mol. The molecule has 0 saturated heterocycles. The van der Waals surface area contributed by atoms with Crippen LogP contribution in [-0.2, 0) is 30.7 Å². The number of nitrogens with zero attached hydrogens (tertiary/aromatic N) is 4. The Bertz CT molecular complexity index is 1260. The van der Waals surface area contributed by atoms with E-state index in [0.29, 0.717) is 24.7 Å². The number of nitrogens with one attached hydrogen (secondary N) is 1. The van der Waals surface area contributed by atoms with Crippen molar-refractivity contribution in [2.75, 3.05) is 6.54 Å². The maximum atomic E-state index is 14.0. The Hall–Kier alpha value is -3.82. The fraction of sp³-hybridized carbons (Fsp3) is 0.292. The van der Waals surface area contributed by atoms with Crippen LogP contribution in [0.4, 0.5) is 13.2 Å². The van der Waals surface area contributed by atoms with E-state index in [2.05, 4.69) is 20.3 Å². The van der Waals surface area contributed by atoms with Crippen LogP contribution in [0.2, 0.25) is 0 Å². The molecule has 0 bridgehead atoms. The second kappa shape index (κ2) is 9.58. The molecule has 1 aliphatic heterocycles. The zero-order valence-corrected chi connectivity index (χ0v) is 18.7. The van der Waals surface area contributed by atoms with Crippen LogP contribution in [0.5, 0.6) is 0 Å². The van der Waals surface area contributed by atoms with E-state index in [-0.39, 0.29) is 24.7 Å². The molecule has 34 heavy (non-hydrogen) atoms. The zero-order chi connectivity index (χ0) is 24.4. The SMILES string of the molecule is Cc1cnc(C(=O)NCc2c(C)ncc3c2CCN(C(=O)Cc2c(F)ccc(F)c2F)C3)cn1. The van der Waals surface area contributed by atoms with Crippen LogP contribution in [0.15, 0.2) is 30.7 Å². The summed E-state index contributed by atoms with van der Waals surface area (Å²) in [6, 6.07) is 1.50. The number of carbonyl (C=O) groups is 2. The number of aryl methyl sites for hydroxylation is 2. The van der Waals surface area contributed by atoms with Gasteiger partial charge in [0, 0.05) is 43.3 Å². The van der Waals surface area contributed by atoms with Crippen LogP contribution >= 0.6 is 0 Å². The van der Waals surface area contributed by atoms with Crippen LogP contribution in [0.3, 0.4) is 0 Å². The zero-order valence-electron chi connectivity index (χ0n) is 18.7. The maximum Gasteiger partial charge on any atom is 0.271 e. The number of benzene rings is 1. The summed E-state index contributed by atoms with van der Waals surface area (Å²) in [4.78, 5) is 39.1. The van der Waals surface area contributed by atoms with Gasteiger partial charge in [0.2, 0.25) is 5.91 Å². The van der Waals surface area contributed by atoms with Gasteiger partial charge >= 0.3 is 0 Å². The molecule has 0 atom stereocenters. The number of hydrogen-bond donors (Lipinski definition) is 1. The number of hydrogen-bond acceptors (Lipinski definition) is 5. The van der Waals surface area contributed by atoms with Crippen LogP contribution in [-0.4, -0.2) is 38.2 Å². The second-order valence-electron chi connectivity index (χ2n) is 8.12. The van der Waals surface area contributed by atoms with Gasteiger partial charge in [-0.15, -0.1) is 0 Å². The van der Waals surface area contributed by atoms with E-state index in [1.54, 1.807) is 13.1 Å². The summed E-state index contributed by atoms with van der Waals surface area (Å²) >= 11 is 0. The van der Waals surface area contributed by atoms with Crippen molar-refractivity contribution in [3.8, 4) is 0 Å². The Kier molecular flexibility index (Phi) is 6.58. The fourth-order valence-corrected chi connectivity index (χ4v) is 3.93. The Balaban J connectivity index is 1.47. The lowest BCUT2D eigenvalue weighted by Crippen LogP contribution is -2.38. The van der Waals surface area contributed by atoms with Gasteiger partial charge in [0.25, 0.3) is 5.91 Å². The summed E-state index contributed by atoms with van der Waals surface area (Å²) in [5.74, 6) is -4.38. The van der Waals surface area contributed by atoms with Crippen molar-refractivity contribution >= 4 is 11.8 Å². The van der Waals surface area contributed by atoms with Gasteiger partial charge in [-0.05, 0) is 49.1 Å². The van der Waals surface area contributed by atoms with Crippen LogP contribution in [0.1, 0.15) is 44.1 Å². The average molecular weight is 469 g/mol. The highest BCUT2D eigenvalue weighted by atomic mass is 19.2. The minimum atomic E-state index is -1.35. The predicted octanol–water partition coefficient (Wildman–Crippen LogP) is 2.96. The highest BCUT2D eigenvalue weighted by Gasteiger charge is 2.26. The molecule has 10 heteroatoms. The van der Waals surface area contributed by atoms with Gasteiger partial charge in [-0.3, -0.25) is 19.6 Å². The first-order valence-electron chi connectivity index (χ1n) is 10.7. The number of aromatic nitrogens is 3. The number of rotatable bonds is 5. The first kappa shape index (κ1) is 23.3. The lowest BCUT2D eigenvalue weighted by Gasteiger charge is -2.30. The van der Waals surface area contributed by atoms with E-state index < -0.39 is 35.3 Å². The van der Waals surface area contributed by atoms with E-state index in [0.717, 1.165) is 28.5 Å². The Labute approximate surface area is 194 Å². The van der Waals surface area contributed by atoms with Gasteiger partial charge in [-0.2, -0.15) is 0 Å². The molecule has 3 aromatic rings. The van der Waals surface area contributed by atoms with Gasteiger partial charge in [0.1, 0.15) is 11.5 Å². The van der Waals surface area contributed by atoms with Crippen molar-refractivity contribution in [2.24, 2.45) is 0 Å². The van der Waals surface area contributed by atoms with E-state index in [1.807, 2.05) is 6.92 Å². The molecule has 0 fully saturated rings. The number of amides is 2. The standard InChI is InChI=1S/C24H22F3N5O2/c1-13-8-30-21(11-28-13)24(34)31-10-18-14(2)29-9-15-12-32(6-5-16(15)18)22(33)7-17-19(25)3-4-20(26)23(17)27/h3-4,8-9,11H,5-7,10,12H2,1-2H3,(H,31,34). The van der Waals surface area contributed by atoms with E-state index in [9.17, 15) is 22.8 Å². The summed E-state index contributed by atoms with van der Waals surface area (Å²) < 4.78 is 41.4. The molecule has 3 heterocycles. The minimum Gasteiger partial charge on any atom is -0.346 e. The molecule has 0 radical (unpaired) electrons. The summed E-state index contributed by atoms with van der Waals surface area (Å²) in [7, 11) is 0. The molecule has 2 amide bonds. The average Bonchev–Trinajstić information content (AvgIpc) is 2.83. The number of halogens is 3. The molecule has 1 aromatic carbocycles. The monoisotopic (exact) mass is 469 g/mol. The number of carbonyl (C=O) groups excluding carboxylic acids is 2. The van der Waals surface area contributed by atoms with Crippen molar-refractivity contribution in [2.45, 2.75) is 39.8 Å². The first-order chi connectivity index (χ1) is 16.2. The molecule has 1 N–H and O–H groups in total. The van der Waals surface area contributed by atoms with Crippen LogP contribution < -0.4 is 5.32 Å². The topological polar surface area (TPSA) is 88.1 Å². The van der Waals surface area contributed by atoms with Gasteiger partial charge in [0.05, 0.1) is 18.3 Å². The maximum absolute atomic E-state index is 14.0. The molecule has 176 valence electrons. The summed E-state index contributed by atoms with van der Waals surface area (Å²) in [5, 5.41) is 2.83. The van der Waals surface area contributed by atoms with E-state index in [4.69, 9.17) is 0 Å². The first-order valence-corrected chi connectivity index (χ1v) is 10.7. The summed E-state index contributed by atoms with van der Waals surface area (Å²) in [5.41, 5.74) is 3.67. The molecule has 7 nitrogen and oxygen atoms in total. The van der Waals surface area contributed by atoms with Crippen molar-refractivity contribution in [1.82, 2.24) is 25.2 Å². The molecule has 0 saturated carbocycles. The highest BCUT2D eigenvalue weighted by molar-refractivity contribution is 5.91. The van der Waals surface area contributed by atoms with E-state index in [1.165, 1.54) is 17.3 Å². The lowest BCUT2D eigenvalue weighted by atomic mass is 9.94. The smallest absolute Gasteiger partial charge is 0.271 e. The minimum absolute atomic E-state index is 0.199. The summed E-state index contributed by atoms with van der Waals surface area (Å²) in [6.45, 7) is 4.35. The molecule has 0 unspecified atom stereocenters. The van der Waals surface area contributed by atoms with Crippen molar-refractivity contribution in [3.63, 3.8) is 0 Å². The Morgan fingerprint density at radius 2 is 1.76 bits per heavy atom. The molecule has 0 spiro atoms. The van der Waals surface area contributed by atoms with Crippen LogP contribution in [0.25, 0.3) is 0 Å². The molecule has 1 aliphatic rings. The van der Waals surface area contributed by atoms with Gasteiger partial charge in [-0.25, -0.2) is 18.2 Å². The highest BCUT2D eigenvalue weighted by Crippen LogP contribution is 2.25. The Morgan fingerprint density at radius 3 is 2.50 bits per heavy atom. The third-order valence-corrected chi connectivity index (χ3v) is 5.85. The quantitative estimate of drug-likeness (QED) is 0.581. The largest absolute Gasteiger partial charge is 0.346 e. The molecule has 4 rings (SSSR count). The number of fused-ring (bicyclic) bond motifs is 1. The van der Waals surface area contributed by atoms with E-state index >= 15 is 0 Å². The Morgan fingerprint density at radius 1 is 1.00 bits per heavy atom. The number of pyridine rings is 1. The second-order valence-corrected chi connectivity index (χ2v) is 8.12. The normalized spacial score (nSPS) is 12.9. The predicted molar refractivity (Wildman–Crippen MR) is 116 cm³/mol. The van der Waals surface area contributed by atoms with Crippen molar-refractivity contribution in [3.05, 3.63) is 87.5 Å². The summed E-state index contributed by atoms with van der Waals surface area (Å²) in [6.07, 6.45) is 4.48. The molecular formula is C24H22F3N5O2. The third kappa shape index (κ3) is 4.75. The molecule has 2 aromatic heterocycles. The van der Waals surface area contributed by atoms with Gasteiger partial charge < -0.3 is 10.2 Å². The molecule has 0 aliphatic carbocycles. The third-order valence-electron chi connectivity index (χ3n) is 5.85. The van der Waals surface area contributed by atoms with Crippen molar-refractivity contribution in [1.29, 1.82) is 0 Å². The van der Waals surface area contributed by atoms with Crippen molar-refractivity contribution < 1.29 is 22.8 Å². The fourth-order valence-electron chi connectivity index (χ4n) is 3.93. The lowest BCUT2D eigenvalue weighted by molar-refractivity contribution is -0.131. The van der Waals surface area contributed by atoms with Crippen LogP contribution in [0, 0.1) is 31.3 Å². The van der Waals surface area contributed by atoms with Gasteiger partial charge in [0.15, 0.2) is 11.6 Å².